The van der Waals surface area contributed by atoms with Crippen LogP contribution in [-0.4, -0.2) is 59.4 Å². The number of hydrogen-bond acceptors (Lipinski definition) is 5. The first-order valence-electron chi connectivity index (χ1n) is 12.7. The maximum Gasteiger partial charge on any atom is 0.217 e. The minimum absolute atomic E-state index is 0. The SMILES string of the molecule is C1CCOC1.CC(=O)NC1CCCC1O.CN(O)C(c1c(F)ccc(Cl)c1F)C12CCC(F)(CC1)C2.[U]. The molecule has 3 atom stereocenters. The second-order valence-electron chi connectivity index (χ2n) is 10.5. The number of alkyl halides is 1. The van der Waals surface area contributed by atoms with Gasteiger partial charge in [-0.05, 0) is 81.8 Å². The minimum atomic E-state index is -1.26. The molecule has 3 unspecified atom stereocenters. The van der Waals surface area contributed by atoms with Crippen LogP contribution >= 0.6 is 11.6 Å². The molecule has 2 bridgehead atoms. The summed E-state index contributed by atoms with van der Waals surface area (Å²) in [6, 6.07) is 1.30. The maximum absolute atomic E-state index is 14.4. The van der Waals surface area contributed by atoms with E-state index < -0.39 is 28.8 Å². The smallest absolute Gasteiger partial charge is 0.217 e. The number of rotatable bonds is 4. The molecule has 6 nitrogen and oxygen atoms in total. The van der Waals surface area contributed by atoms with Crippen LogP contribution in [0.4, 0.5) is 13.2 Å². The molecule has 0 aromatic heterocycles. The molecule has 1 aliphatic heterocycles. The Morgan fingerprint density at radius 1 is 1.16 bits per heavy atom. The van der Waals surface area contributed by atoms with Crippen molar-refractivity contribution in [2.45, 2.75) is 95.0 Å². The molecule has 1 heterocycles. The zero-order chi connectivity index (χ0) is 26.5. The van der Waals surface area contributed by atoms with E-state index in [4.69, 9.17) is 16.3 Å². The fourth-order valence-corrected chi connectivity index (χ4v) is 6.28. The Balaban J connectivity index is 0.000000249. The molecule has 1 aromatic rings. The van der Waals surface area contributed by atoms with E-state index in [0.29, 0.717) is 25.7 Å². The zero-order valence-electron chi connectivity index (χ0n) is 21.5. The second-order valence-corrected chi connectivity index (χ2v) is 11.0. The number of amides is 1. The number of aliphatic hydroxyl groups is 1. The molecule has 4 aliphatic rings. The Morgan fingerprint density at radius 3 is 2.19 bits per heavy atom. The third-order valence-corrected chi connectivity index (χ3v) is 8.10. The van der Waals surface area contributed by atoms with Gasteiger partial charge in [-0.1, -0.05) is 11.6 Å². The van der Waals surface area contributed by atoms with Gasteiger partial charge < -0.3 is 20.4 Å². The van der Waals surface area contributed by atoms with Crippen LogP contribution in [0.3, 0.4) is 0 Å². The summed E-state index contributed by atoms with van der Waals surface area (Å²) in [5.41, 5.74) is -2.18. The molecule has 0 spiro atoms. The van der Waals surface area contributed by atoms with E-state index in [1.807, 2.05) is 0 Å². The van der Waals surface area contributed by atoms with E-state index in [1.54, 1.807) is 0 Å². The van der Waals surface area contributed by atoms with Gasteiger partial charge in [0.2, 0.25) is 5.91 Å². The second kappa shape index (κ2) is 14.3. The fraction of sp³-hybridized carbons (Fsp3) is 0.731. The number of carbonyl (C=O) groups is 1. The van der Waals surface area contributed by atoms with Crippen molar-refractivity contribution in [1.29, 1.82) is 0 Å². The Bertz CT molecular complexity index is 891. The average molecular weight is 773 g/mol. The molecular weight excluding hydrogens is 735 g/mol. The van der Waals surface area contributed by atoms with Crippen LogP contribution in [0.15, 0.2) is 12.1 Å². The first-order valence-corrected chi connectivity index (χ1v) is 13.1. The molecule has 0 radical (unpaired) electrons. The summed E-state index contributed by atoms with van der Waals surface area (Å²) in [7, 11) is 1.34. The molecule has 3 saturated carbocycles. The van der Waals surface area contributed by atoms with Gasteiger partial charge in [-0.25, -0.2) is 13.2 Å². The van der Waals surface area contributed by atoms with Gasteiger partial charge >= 0.3 is 0 Å². The molecule has 3 N–H and O–H groups in total. The van der Waals surface area contributed by atoms with E-state index in [0.717, 1.165) is 49.7 Å². The van der Waals surface area contributed by atoms with Gasteiger partial charge in [0, 0.05) is 63.9 Å². The number of nitrogens with zero attached hydrogens (tertiary/aromatic N) is 1. The number of nitrogens with one attached hydrogen (secondary N) is 1. The van der Waals surface area contributed by atoms with Crippen molar-refractivity contribution in [2.24, 2.45) is 5.41 Å². The van der Waals surface area contributed by atoms with Gasteiger partial charge in [0.15, 0.2) is 0 Å². The molecule has 37 heavy (non-hydrogen) atoms. The van der Waals surface area contributed by atoms with Crippen LogP contribution in [0, 0.1) is 48.2 Å². The number of fused-ring (bicyclic) bond motifs is 2. The Hall–Kier alpha value is -0.338. The number of hydrogen-bond donors (Lipinski definition) is 3. The minimum Gasteiger partial charge on any atom is -0.391 e. The van der Waals surface area contributed by atoms with E-state index in [2.05, 4.69) is 5.32 Å². The van der Waals surface area contributed by atoms with Gasteiger partial charge in [0.25, 0.3) is 0 Å². The quantitative estimate of drug-likeness (QED) is 0.279. The largest absolute Gasteiger partial charge is 0.391 e. The summed E-state index contributed by atoms with van der Waals surface area (Å²) in [6.45, 7) is 3.48. The van der Waals surface area contributed by atoms with Crippen LogP contribution in [0.1, 0.15) is 82.7 Å². The van der Waals surface area contributed by atoms with Gasteiger partial charge in [-0.2, -0.15) is 5.06 Å². The third-order valence-electron chi connectivity index (χ3n) is 7.81. The number of aliphatic hydroxyl groups excluding tert-OH is 1. The van der Waals surface area contributed by atoms with Crippen LogP contribution < -0.4 is 5.32 Å². The summed E-state index contributed by atoms with van der Waals surface area (Å²) in [4.78, 5) is 10.5. The van der Waals surface area contributed by atoms with E-state index in [-0.39, 0.29) is 66.2 Å². The van der Waals surface area contributed by atoms with Crippen molar-refractivity contribution in [1.82, 2.24) is 10.4 Å². The topological polar surface area (TPSA) is 82.0 Å². The van der Waals surface area contributed by atoms with Crippen LogP contribution in [0.5, 0.6) is 0 Å². The maximum atomic E-state index is 14.4. The molecule has 208 valence electrons. The predicted molar refractivity (Wildman–Crippen MR) is 131 cm³/mol. The summed E-state index contributed by atoms with van der Waals surface area (Å²) in [6.07, 6.45) is 6.99. The van der Waals surface area contributed by atoms with E-state index in [9.17, 15) is 28.3 Å². The predicted octanol–water partition coefficient (Wildman–Crippen LogP) is 5.49. The number of benzene rings is 1. The summed E-state index contributed by atoms with van der Waals surface area (Å²) in [5, 5.41) is 22.5. The molecular formula is C26H38ClF3N2O4U. The van der Waals surface area contributed by atoms with Crippen molar-refractivity contribution < 1.29 is 64.1 Å². The molecule has 1 saturated heterocycles. The van der Waals surface area contributed by atoms with Crippen molar-refractivity contribution >= 4 is 17.5 Å². The van der Waals surface area contributed by atoms with Crippen LogP contribution in [-0.2, 0) is 9.53 Å². The zero-order valence-corrected chi connectivity index (χ0v) is 26.5. The summed E-state index contributed by atoms with van der Waals surface area (Å²) >= 11 is 5.75. The molecule has 4 fully saturated rings. The van der Waals surface area contributed by atoms with Gasteiger partial charge in [-0.15, -0.1) is 0 Å². The van der Waals surface area contributed by atoms with E-state index in [1.165, 1.54) is 26.8 Å². The molecule has 1 amide bonds. The molecule has 11 heteroatoms. The van der Waals surface area contributed by atoms with Crippen molar-refractivity contribution in [2.75, 3.05) is 20.3 Å². The van der Waals surface area contributed by atoms with Crippen molar-refractivity contribution in [3.63, 3.8) is 0 Å². The first kappa shape index (κ1) is 32.9. The van der Waals surface area contributed by atoms with Crippen LogP contribution in [0.25, 0.3) is 0 Å². The Labute approximate surface area is 246 Å². The number of halogens is 4. The molecule has 3 aliphatic carbocycles. The Morgan fingerprint density at radius 2 is 1.78 bits per heavy atom. The number of carbonyl (C=O) groups excluding carboxylic acids is 1. The van der Waals surface area contributed by atoms with Gasteiger partial charge in [-0.3, -0.25) is 4.79 Å². The molecule has 5 rings (SSSR count). The third kappa shape index (κ3) is 8.33. The normalized spacial score (nSPS) is 30.6. The van der Waals surface area contributed by atoms with Crippen molar-refractivity contribution in [3.05, 3.63) is 34.4 Å². The standard InChI is InChI=1S/C15H17ClF3NO.C7H13NO2.C4H8O.U/c1-20(21)13(11-10(17)3-2-9(16)12(11)18)14-4-6-15(19,8-14)7-5-14;1-5(9)8-6-3-2-4-7(6)10;1-2-4-5-3-1;/h2-3,13,21H,4-8H2,1H3;6-7,10H,2-4H2,1H3,(H,8,9);1-4H2;. The first-order chi connectivity index (χ1) is 17.0. The van der Waals surface area contributed by atoms with Gasteiger partial charge in [0.1, 0.15) is 17.3 Å². The summed E-state index contributed by atoms with van der Waals surface area (Å²) in [5.74, 6) is -1.69. The monoisotopic (exact) mass is 772 g/mol. The average Bonchev–Trinajstić information content (AvgIpc) is 3.61. The number of ether oxygens (including phenoxy) is 1. The van der Waals surface area contributed by atoms with Gasteiger partial charge in [0.05, 0.1) is 23.2 Å². The molecule has 1 aromatic carbocycles. The number of hydroxylamine groups is 2. The summed E-state index contributed by atoms with van der Waals surface area (Å²) < 4.78 is 47.9. The Kier molecular flexibility index (Phi) is 12.7. The fourth-order valence-electron chi connectivity index (χ4n) is 6.11. The van der Waals surface area contributed by atoms with Crippen molar-refractivity contribution in [3.8, 4) is 0 Å². The van der Waals surface area contributed by atoms with Crippen LogP contribution in [0.2, 0.25) is 5.02 Å². The van der Waals surface area contributed by atoms with E-state index >= 15 is 0 Å².